The van der Waals surface area contributed by atoms with Crippen LogP contribution in [-0.4, -0.2) is 55.6 Å². The molecule has 1 aliphatic heterocycles. The molecule has 3 unspecified atom stereocenters. The molecule has 2 aromatic carbocycles. The Balaban J connectivity index is 0.000000517. The van der Waals surface area contributed by atoms with Gasteiger partial charge in [-0.1, -0.05) is 36.8 Å². The van der Waals surface area contributed by atoms with Crippen molar-refractivity contribution in [1.82, 2.24) is 10.6 Å². The fourth-order valence-corrected chi connectivity index (χ4v) is 6.66. The zero-order valence-corrected chi connectivity index (χ0v) is 24.4. The van der Waals surface area contributed by atoms with E-state index in [0.717, 1.165) is 63.8 Å². The number of benzene rings is 2. The maximum atomic E-state index is 13.4. The van der Waals surface area contributed by atoms with Crippen molar-refractivity contribution >= 4 is 11.9 Å². The summed E-state index contributed by atoms with van der Waals surface area (Å²) in [6, 6.07) is 15.3. The fraction of sp³-hybridized carbons (Fsp3) is 0.562. The minimum Gasteiger partial charge on any atom is -0.491 e. The molecule has 7 nitrogen and oxygen atoms in total. The van der Waals surface area contributed by atoms with Crippen LogP contribution in [-0.2, 0) is 19.7 Å². The Kier molecular flexibility index (Phi) is 10.2. The predicted octanol–water partition coefficient (Wildman–Crippen LogP) is 6.16. The summed E-state index contributed by atoms with van der Waals surface area (Å²) in [6.45, 7) is 6.15. The van der Waals surface area contributed by atoms with Crippen LogP contribution < -0.4 is 15.4 Å². The molecule has 1 saturated carbocycles. The molecule has 2 fully saturated rings. The highest BCUT2D eigenvalue weighted by Gasteiger charge is 2.46. The number of amides is 1. The molecule has 3 atom stereocenters. The number of aliphatic carboxylic acids is 1. The SMILES string of the molecule is COC1CCCC(C(=O)NC2CC3(CCNCC3)c3c(-c4ccc(OC(C)C)cc4)cccc32)C1.O=C(O)C(F)(F)F. The number of carbonyl (C=O) groups is 2. The van der Waals surface area contributed by atoms with Gasteiger partial charge in [0.1, 0.15) is 5.75 Å². The predicted molar refractivity (Wildman–Crippen MR) is 153 cm³/mol. The van der Waals surface area contributed by atoms with Crippen molar-refractivity contribution in [3.63, 3.8) is 0 Å². The minimum atomic E-state index is -5.08. The number of hydrogen-bond acceptors (Lipinski definition) is 5. The van der Waals surface area contributed by atoms with E-state index in [2.05, 4.69) is 66.9 Å². The summed E-state index contributed by atoms with van der Waals surface area (Å²) < 4.78 is 43.2. The summed E-state index contributed by atoms with van der Waals surface area (Å²) in [5.74, 6) is -1.60. The average Bonchev–Trinajstić information content (AvgIpc) is 3.25. The number of carboxylic acids is 1. The summed E-state index contributed by atoms with van der Waals surface area (Å²) >= 11 is 0. The molecule has 1 saturated heterocycles. The van der Waals surface area contributed by atoms with E-state index in [4.69, 9.17) is 19.4 Å². The van der Waals surface area contributed by atoms with Crippen LogP contribution >= 0.6 is 0 Å². The second-order valence-corrected chi connectivity index (χ2v) is 11.8. The fourth-order valence-electron chi connectivity index (χ4n) is 6.66. The molecule has 10 heteroatoms. The lowest BCUT2D eigenvalue weighted by Gasteiger charge is -2.36. The Labute approximate surface area is 245 Å². The Morgan fingerprint density at radius 1 is 1.07 bits per heavy atom. The van der Waals surface area contributed by atoms with Crippen LogP contribution in [0.4, 0.5) is 13.2 Å². The van der Waals surface area contributed by atoms with Crippen LogP contribution in [0.15, 0.2) is 42.5 Å². The summed E-state index contributed by atoms with van der Waals surface area (Å²) in [6.07, 6.45) is 2.41. The first-order valence-electron chi connectivity index (χ1n) is 14.7. The van der Waals surface area contributed by atoms with Gasteiger partial charge >= 0.3 is 12.1 Å². The maximum absolute atomic E-state index is 13.4. The van der Waals surface area contributed by atoms with Crippen LogP contribution in [0.25, 0.3) is 11.1 Å². The van der Waals surface area contributed by atoms with E-state index in [9.17, 15) is 18.0 Å². The molecule has 1 amide bonds. The molecule has 0 bridgehead atoms. The number of ether oxygens (including phenoxy) is 2. The van der Waals surface area contributed by atoms with Crippen molar-refractivity contribution < 1.29 is 37.3 Å². The average molecular weight is 591 g/mol. The molecule has 1 heterocycles. The van der Waals surface area contributed by atoms with Gasteiger partial charge in [-0.25, -0.2) is 4.79 Å². The van der Waals surface area contributed by atoms with Gasteiger partial charge in [-0.05, 0) is 99.8 Å². The third-order valence-corrected chi connectivity index (χ3v) is 8.58. The molecule has 0 aromatic heterocycles. The number of piperidine rings is 1. The van der Waals surface area contributed by atoms with Crippen LogP contribution in [0, 0.1) is 5.92 Å². The number of hydrogen-bond donors (Lipinski definition) is 3. The standard InChI is InChI=1S/C30H40N2O3.C2HF3O2/c1-20(2)35-23-12-10-21(11-13-23)25-8-5-9-26-27(19-30(28(25)26)14-16-31-17-15-30)32-29(33)22-6-4-7-24(18-22)34-3;3-2(4,5)1(6)7/h5,8-13,20,22,24,27,31H,4,6-7,14-19H2,1-3H3,(H,32,33);(H,6,7). The highest BCUT2D eigenvalue weighted by Crippen LogP contribution is 2.53. The molecule has 5 rings (SSSR count). The topological polar surface area (TPSA) is 96.9 Å². The van der Waals surface area contributed by atoms with E-state index in [-0.39, 0.29) is 35.5 Å². The first-order chi connectivity index (χ1) is 19.9. The van der Waals surface area contributed by atoms with Gasteiger partial charge in [0.05, 0.1) is 18.2 Å². The Hall–Kier alpha value is -3.11. The molecule has 0 radical (unpaired) electrons. The lowest BCUT2D eigenvalue weighted by Crippen LogP contribution is -2.40. The van der Waals surface area contributed by atoms with Gasteiger partial charge in [-0.2, -0.15) is 13.2 Å². The van der Waals surface area contributed by atoms with Crippen molar-refractivity contribution in [2.75, 3.05) is 20.2 Å². The van der Waals surface area contributed by atoms with Crippen molar-refractivity contribution in [3.8, 4) is 16.9 Å². The number of halogens is 3. The quantitative estimate of drug-likeness (QED) is 0.373. The lowest BCUT2D eigenvalue weighted by molar-refractivity contribution is -0.192. The molecule has 2 aromatic rings. The van der Waals surface area contributed by atoms with Gasteiger partial charge in [-0.3, -0.25) is 4.79 Å². The minimum absolute atomic E-state index is 0.0541. The molecular weight excluding hydrogens is 549 g/mol. The lowest BCUT2D eigenvalue weighted by atomic mass is 9.72. The van der Waals surface area contributed by atoms with E-state index in [1.165, 1.54) is 22.3 Å². The zero-order chi connectivity index (χ0) is 30.5. The first-order valence-corrected chi connectivity index (χ1v) is 14.7. The van der Waals surface area contributed by atoms with E-state index in [1.807, 2.05) is 0 Å². The number of nitrogens with one attached hydrogen (secondary N) is 2. The largest absolute Gasteiger partial charge is 0.491 e. The number of fused-ring (bicyclic) bond motifs is 2. The maximum Gasteiger partial charge on any atom is 0.490 e. The van der Waals surface area contributed by atoms with Crippen molar-refractivity contribution in [1.29, 1.82) is 0 Å². The van der Waals surface area contributed by atoms with Gasteiger partial charge in [0.25, 0.3) is 0 Å². The molecule has 1 spiro atoms. The highest BCUT2D eigenvalue weighted by molar-refractivity contribution is 5.80. The number of alkyl halides is 3. The van der Waals surface area contributed by atoms with Crippen LogP contribution in [0.1, 0.15) is 76.0 Å². The monoisotopic (exact) mass is 590 g/mol. The van der Waals surface area contributed by atoms with Crippen molar-refractivity contribution in [2.24, 2.45) is 5.92 Å². The van der Waals surface area contributed by atoms with Gasteiger partial charge in [-0.15, -0.1) is 0 Å². The summed E-state index contributed by atoms with van der Waals surface area (Å²) in [5, 5.41) is 14.2. The Morgan fingerprint density at radius 3 is 2.33 bits per heavy atom. The normalized spacial score (nSPS) is 23.1. The Morgan fingerprint density at radius 2 is 1.74 bits per heavy atom. The zero-order valence-electron chi connectivity index (χ0n) is 24.4. The van der Waals surface area contributed by atoms with E-state index in [0.29, 0.717) is 0 Å². The Bertz CT molecular complexity index is 1230. The number of methoxy groups -OCH3 is 1. The third-order valence-electron chi connectivity index (χ3n) is 8.58. The molecular formula is C32H41F3N2O5. The van der Waals surface area contributed by atoms with Crippen molar-refractivity contribution in [2.45, 2.75) is 88.6 Å². The summed E-state index contributed by atoms with van der Waals surface area (Å²) in [4.78, 5) is 22.3. The summed E-state index contributed by atoms with van der Waals surface area (Å²) in [5.41, 5.74) is 5.37. The molecule has 230 valence electrons. The third kappa shape index (κ3) is 7.45. The second kappa shape index (κ2) is 13.5. The first kappa shape index (κ1) is 31.8. The van der Waals surface area contributed by atoms with Crippen LogP contribution in [0.5, 0.6) is 5.75 Å². The number of rotatable bonds is 6. The number of carbonyl (C=O) groups excluding carboxylic acids is 1. The van der Waals surface area contributed by atoms with Crippen LogP contribution in [0.3, 0.4) is 0 Å². The molecule has 42 heavy (non-hydrogen) atoms. The van der Waals surface area contributed by atoms with Gasteiger partial charge < -0.3 is 25.2 Å². The van der Waals surface area contributed by atoms with Crippen molar-refractivity contribution in [3.05, 3.63) is 53.6 Å². The van der Waals surface area contributed by atoms with E-state index >= 15 is 0 Å². The molecule has 3 N–H and O–H groups in total. The van der Waals surface area contributed by atoms with Gasteiger partial charge in [0.15, 0.2) is 0 Å². The highest BCUT2D eigenvalue weighted by atomic mass is 19.4. The van der Waals surface area contributed by atoms with Crippen LogP contribution in [0.2, 0.25) is 0 Å². The van der Waals surface area contributed by atoms with E-state index < -0.39 is 12.1 Å². The summed E-state index contributed by atoms with van der Waals surface area (Å²) in [7, 11) is 1.77. The van der Waals surface area contributed by atoms with Gasteiger partial charge in [0, 0.05) is 18.4 Å². The smallest absolute Gasteiger partial charge is 0.490 e. The number of carboxylic acid groups (broad SMARTS) is 1. The van der Waals surface area contributed by atoms with Gasteiger partial charge in [0.2, 0.25) is 5.91 Å². The molecule has 3 aliphatic rings. The second-order valence-electron chi connectivity index (χ2n) is 11.8. The van der Waals surface area contributed by atoms with E-state index in [1.54, 1.807) is 7.11 Å². The molecule has 2 aliphatic carbocycles.